The van der Waals surface area contributed by atoms with Crippen molar-refractivity contribution in [2.24, 2.45) is 0 Å². The lowest BCUT2D eigenvalue weighted by molar-refractivity contribution is -0.120. The topological polar surface area (TPSA) is 114 Å². The Hall–Kier alpha value is -2.63. The summed E-state index contributed by atoms with van der Waals surface area (Å²) in [5, 5.41) is 6.69. The van der Waals surface area contributed by atoms with Crippen molar-refractivity contribution in [3.63, 3.8) is 0 Å². The van der Waals surface area contributed by atoms with Gasteiger partial charge in [0.05, 0.1) is 6.04 Å². The van der Waals surface area contributed by atoms with Gasteiger partial charge in [0.25, 0.3) is 0 Å². The lowest BCUT2D eigenvalue weighted by Gasteiger charge is -2.27. The SMILES string of the molecule is Cc1noc(C)c1S(=O)(=O)N1CCCN(C(C)C(=O)Nc2ccc3c(c2)OCCO3)CC1. The molecule has 1 aromatic heterocycles. The highest BCUT2D eigenvalue weighted by Gasteiger charge is 2.33. The lowest BCUT2D eigenvalue weighted by Crippen LogP contribution is -2.44. The van der Waals surface area contributed by atoms with Crippen LogP contribution in [0.3, 0.4) is 0 Å². The molecule has 0 spiro atoms. The molecule has 2 aliphatic rings. The van der Waals surface area contributed by atoms with Gasteiger partial charge in [-0.3, -0.25) is 9.69 Å². The fourth-order valence-electron chi connectivity index (χ4n) is 4.05. The highest BCUT2D eigenvalue weighted by molar-refractivity contribution is 7.89. The average molecular weight is 465 g/mol. The molecule has 1 N–H and O–H groups in total. The molecule has 4 rings (SSSR count). The molecule has 1 aromatic carbocycles. The van der Waals surface area contributed by atoms with Crippen LogP contribution in [0.15, 0.2) is 27.6 Å². The van der Waals surface area contributed by atoms with Crippen molar-refractivity contribution < 1.29 is 27.2 Å². The van der Waals surface area contributed by atoms with E-state index in [1.54, 1.807) is 32.0 Å². The highest BCUT2D eigenvalue weighted by atomic mass is 32.2. The molecule has 3 heterocycles. The van der Waals surface area contributed by atoms with E-state index in [2.05, 4.69) is 10.5 Å². The molecule has 0 aliphatic carbocycles. The Morgan fingerprint density at radius 1 is 1.09 bits per heavy atom. The average Bonchev–Trinajstić information content (AvgIpc) is 2.97. The summed E-state index contributed by atoms with van der Waals surface area (Å²) < 4.78 is 43.8. The normalized spacial score (nSPS) is 18.7. The van der Waals surface area contributed by atoms with E-state index in [0.29, 0.717) is 62.1 Å². The van der Waals surface area contributed by atoms with E-state index in [1.165, 1.54) is 4.31 Å². The number of ether oxygens (including phenoxy) is 2. The second kappa shape index (κ2) is 9.08. The molecule has 32 heavy (non-hydrogen) atoms. The number of benzene rings is 1. The molecule has 11 heteroatoms. The molecule has 2 aromatic rings. The number of aryl methyl sites for hydroxylation is 2. The van der Waals surface area contributed by atoms with Crippen LogP contribution in [0.2, 0.25) is 0 Å². The second-order valence-electron chi connectivity index (χ2n) is 7.97. The van der Waals surface area contributed by atoms with Gasteiger partial charge in [-0.05, 0) is 39.3 Å². The van der Waals surface area contributed by atoms with Crippen molar-refractivity contribution in [1.82, 2.24) is 14.4 Å². The Kier molecular flexibility index (Phi) is 6.40. The summed E-state index contributed by atoms with van der Waals surface area (Å²) in [7, 11) is -3.71. The molecule has 1 saturated heterocycles. The van der Waals surface area contributed by atoms with Gasteiger partial charge in [0.1, 0.15) is 23.8 Å². The third-order valence-electron chi connectivity index (χ3n) is 5.79. The van der Waals surface area contributed by atoms with Crippen molar-refractivity contribution in [2.45, 2.75) is 38.1 Å². The Balaban J connectivity index is 1.40. The summed E-state index contributed by atoms with van der Waals surface area (Å²) in [6.07, 6.45) is 0.615. The molecule has 0 bridgehead atoms. The quantitative estimate of drug-likeness (QED) is 0.712. The predicted octanol–water partition coefficient (Wildman–Crippen LogP) is 1.79. The van der Waals surface area contributed by atoms with Gasteiger partial charge in [-0.2, -0.15) is 4.31 Å². The van der Waals surface area contributed by atoms with E-state index >= 15 is 0 Å². The molecular weight excluding hydrogens is 436 g/mol. The monoisotopic (exact) mass is 464 g/mol. The molecule has 1 atom stereocenters. The highest BCUT2D eigenvalue weighted by Crippen LogP contribution is 2.32. The van der Waals surface area contributed by atoms with Crippen LogP contribution >= 0.6 is 0 Å². The number of rotatable bonds is 5. The van der Waals surface area contributed by atoms with E-state index in [-0.39, 0.29) is 23.1 Å². The van der Waals surface area contributed by atoms with Crippen molar-refractivity contribution >= 4 is 21.6 Å². The number of fused-ring (bicyclic) bond motifs is 1. The molecule has 0 radical (unpaired) electrons. The van der Waals surface area contributed by atoms with E-state index < -0.39 is 16.1 Å². The van der Waals surface area contributed by atoms with Gasteiger partial charge in [-0.1, -0.05) is 5.16 Å². The van der Waals surface area contributed by atoms with Gasteiger partial charge in [-0.15, -0.1) is 0 Å². The number of carbonyl (C=O) groups is 1. The number of anilines is 1. The van der Waals surface area contributed by atoms with Crippen LogP contribution in [-0.2, 0) is 14.8 Å². The second-order valence-corrected chi connectivity index (χ2v) is 9.85. The molecule has 174 valence electrons. The van der Waals surface area contributed by atoms with Gasteiger partial charge >= 0.3 is 0 Å². The molecule has 2 aliphatic heterocycles. The molecule has 1 fully saturated rings. The van der Waals surface area contributed by atoms with Crippen LogP contribution in [0.1, 0.15) is 24.8 Å². The van der Waals surface area contributed by atoms with Gasteiger partial charge in [0.2, 0.25) is 15.9 Å². The Morgan fingerprint density at radius 3 is 2.56 bits per heavy atom. The maximum Gasteiger partial charge on any atom is 0.248 e. The lowest BCUT2D eigenvalue weighted by atomic mass is 10.2. The number of aromatic nitrogens is 1. The fraction of sp³-hybridized carbons (Fsp3) is 0.524. The van der Waals surface area contributed by atoms with E-state index in [1.807, 2.05) is 11.8 Å². The number of sulfonamides is 1. The van der Waals surface area contributed by atoms with Crippen LogP contribution < -0.4 is 14.8 Å². The van der Waals surface area contributed by atoms with Crippen molar-refractivity contribution in [1.29, 1.82) is 0 Å². The van der Waals surface area contributed by atoms with Crippen LogP contribution in [0.5, 0.6) is 11.5 Å². The number of nitrogens with zero attached hydrogens (tertiary/aromatic N) is 3. The first-order valence-corrected chi connectivity index (χ1v) is 12.1. The number of nitrogens with one attached hydrogen (secondary N) is 1. The third kappa shape index (κ3) is 4.45. The van der Waals surface area contributed by atoms with Crippen LogP contribution in [0.4, 0.5) is 5.69 Å². The maximum absolute atomic E-state index is 13.1. The van der Waals surface area contributed by atoms with Gasteiger partial charge < -0.3 is 19.3 Å². The molecule has 10 nitrogen and oxygen atoms in total. The maximum atomic E-state index is 13.1. The Labute approximate surface area is 187 Å². The van der Waals surface area contributed by atoms with E-state index in [0.717, 1.165) is 0 Å². The van der Waals surface area contributed by atoms with Crippen LogP contribution in [-0.4, -0.2) is 74.1 Å². The predicted molar refractivity (Wildman–Crippen MR) is 116 cm³/mol. The van der Waals surface area contributed by atoms with Crippen molar-refractivity contribution in [2.75, 3.05) is 44.7 Å². The van der Waals surface area contributed by atoms with E-state index in [9.17, 15) is 13.2 Å². The summed E-state index contributed by atoms with van der Waals surface area (Å²) in [5.41, 5.74) is 0.985. The van der Waals surface area contributed by atoms with Gasteiger partial charge in [-0.25, -0.2) is 8.42 Å². The number of carbonyl (C=O) groups excluding carboxylic acids is 1. The Bertz CT molecular complexity index is 1080. The van der Waals surface area contributed by atoms with Crippen molar-refractivity contribution in [3.8, 4) is 11.5 Å². The first-order valence-electron chi connectivity index (χ1n) is 10.6. The zero-order valence-electron chi connectivity index (χ0n) is 18.5. The first-order chi connectivity index (χ1) is 15.3. The Morgan fingerprint density at radius 2 is 1.84 bits per heavy atom. The minimum atomic E-state index is -3.71. The zero-order chi connectivity index (χ0) is 22.9. The summed E-state index contributed by atoms with van der Waals surface area (Å²) in [6, 6.07) is 4.88. The first kappa shape index (κ1) is 22.6. The van der Waals surface area contributed by atoms with E-state index in [4.69, 9.17) is 14.0 Å². The summed E-state index contributed by atoms with van der Waals surface area (Å²) in [5.74, 6) is 1.39. The largest absolute Gasteiger partial charge is 0.486 e. The van der Waals surface area contributed by atoms with Gasteiger partial charge in [0, 0.05) is 37.9 Å². The van der Waals surface area contributed by atoms with Crippen molar-refractivity contribution in [3.05, 3.63) is 29.7 Å². The number of amides is 1. The van der Waals surface area contributed by atoms with Crippen LogP contribution in [0, 0.1) is 13.8 Å². The molecular formula is C21H28N4O6S. The summed E-state index contributed by atoms with van der Waals surface area (Å²) in [6.45, 7) is 7.75. The molecule has 1 unspecified atom stereocenters. The number of hydrogen-bond acceptors (Lipinski definition) is 8. The molecule has 1 amide bonds. The number of hydrogen-bond donors (Lipinski definition) is 1. The van der Waals surface area contributed by atoms with Gasteiger partial charge in [0.15, 0.2) is 17.3 Å². The standard InChI is InChI=1S/C21H28N4O6S/c1-14-20(16(3)31-23-14)32(27,28)25-8-4-7-24(9-10-25)15(2)21(26)22-17-5-6-18-19(13-17)30-12-11-29-18/h5-6,13,15H,4,7-12H2,1-3H3,(H,22,26). The minimum absolute atomic E-state index is 0.135. The third-order valence-corrected chi connectivity index (χ3v) is 7.94. The fourth-order valence-corrected chi connectivity index (χ4v) is 5.81. The van der Waals surface area contributed by atoms with Crippen LogP contribution in [0.25, 0.3) is 0 Å². The summed E-state index contributed by atoms with van der Waals surface area (Å²) >= 11 is 0. The smallest absolute Gasteiger partial charge is 0.248 e. The molecule has 0 saturated carbocycles. The summed E-state index contributed by atoms with van der Waals surface area (Å²) in [4.78, 5) is 15.0. The minimum Gasteiger partial charge on any atom is -0.486 e. The zero-order valence-corrected chi connectivity index (χ0v) is 19.3.